The van der Waals surface area contributed by atoms with Crippen molar-refractivity contribution in [1.29, 1.82) is 0 Å². The minimum atomic E-state index is -0.231. The van der Waals surface area contributed by atoms with Gasteiger partial charge in [0.25, 0.3) is 5.91 Å². The maximum Gasteiger partial charge on any atom is 0.267 e. The van der Waals surface area contributed by atoms with Gasteiger partial charge < -0.3 is 4.90 Å². The highest BCUT2D eigenvalue weighted by Crippen LogP contribution is 2.24. The quantitative estimate of drug-likeness (QED) is 0.425. The zero-order valence-corrected chi connectivity index (χ0v) is 19.8. The molecule has 7 nitrogen and oxygen atoms in total. The largest absolute Gasteiger partial charge is 0.345 e. The summed E-state index contributed by atoms with van der Waals surface area (Å²) in [5.41, 5.74) is 8.29. The first-order chi connectivity index (χ1) is 16.0. The lowest BCUT2D eigenvalue weighted by Crippen LogP contribution is -2.33. The van der Waals surface area contributed by atoms with Gasteiger partial charge in [-0.3, -0.25) is 25.8 Å². The number of nitrogens with one attached hydrogen (secondary N) is 3. The van der Waals surface area contributed by atoms with Crippen LogP contribution in [-0.4, -0.2) is 41.3 Å². The van der Waals surface area contributed by atoms with Crippen LogP contribution in [0.1, 0.15) is 46.2 Å². The van der Waals surface area contributed by atoms with Crippen LogP contribution in [0, 0.1) is 5.82 Å². The Labute approximate surface area is 200 Å². The van der Waals surface area contributed by atoms with Crippen LogP contribution in [-0.2, 0) is 11.2 Å². The van der Waals surface area contributed by atoms with E-state index in [2.05, 4.69) is 21.2 Å². The summed E-state index contributed by atoms with van der Waals surface area (Å²) >= 11 is 2.69. The predicted molar refractivity (Wildman–Crippen MR) is 129 cm³/mol. The topological polar surface area (TPSA) is 86.4 Å². The summed E-state index contributed by atoms with van der Waals surface area (Å²) in [5.74, 6) is -0.421. The lowest BCUT2D eigenvalue weighted by molar-refractivity contribution is -0.129. The van der Waals surface area contributed by atoms with E-state index in [4.69, 9.17) is 0 Å². The molecular formula is C23H26FN5O2S2. The van der Waals surface area contributed by atoms with E-state index in [0.29, 0.717) is 28.3 Å². The number of amides is 2. The van der Waals surface area contributed by atoms with Crippen LogP contribution in [0.15, 0.2) is 47.2 Å². The number of thiazole rings is 1. The van der Waals surface area contributed by atoms with Gasteiger partial charge in [0.05, 0.1) is 17.0 Å². The second-order valence-corrected chi connectivity index (χ2v) is 9.84. The highest BCUT2D eigenvalue weighted by atomic mass is 32.1. The van der Waals surface area contributed by atoms with Crippen molar-refractivity contribution in [2.24, 2.45) is 0 Å². The standard InChI is InChI=1S/C23H26FN5O2S2/c1-29(10-2-4-17-12-19(28-27-17)15-6-8-16(24)9-7-15)21(30)13-18-14-33-23(25-18)26-22(31)20-5-3-11-32-20/h3,5-9,11,14,17,19,27-28H,2,4,10,12-13H2,1H3,(H,25,26,31). The lowest BCUT2D eigenvalue weighted by atomic mass is 9.99. The van der Waals surface area contributed by atoms with Gasteiger partial charge >= 0.3 is 0 Å². The number of carbonyl (C=O) groups is 2. The van der Waals surface area contributed by atoms with Crippen molar-refractivity contribution in [3.8, 4) is 0 Å². The van der Waals surface area contributed by atoms with Crippen LogP contribution < -0.4 is 16.2 Å². The number of hydrogen-bond acceptors (Lipinski definition) is 7. The number of likely N-dealkylation sites (N-methyl/N-ethyl adjacent to an activating group) is 1. The number of hydrazine groups is 1. The fourth-order valence-electron chi connectivity index (χ4n) is 3.73. The van der Waals surface area contributed by atoms with Gasteiger partial charge in [-0.05, 0) is 48.4 Å². The number of thiophene rings is 1. The Morgan fingerprint density at radius 1 is 1.21 bits per heavy atom. The van der Waals surface area contributed by atoms with Crippen LogP contribution in [0.25, 0.3) is 0 Å². The molecule has 1 saturated heterocycles. The van der Waals surface area contributed by atoms with E-state index in [1.165, 1.54) is 34.8 Å². The average molecular weight is 488 g/mol. The maximum atomic E-state index is 13.1. The molecule has 0 bridgehead atoms. The normalized spacial score (nSPS) is 17.8. The van der Waals surface area contributed by atoms with Gasteiger partial charge in [0, 0.05) is 31.1 Å². The number of nitrogens with zero attached hydrogens (tertiary/aromatic N) is 2. The minimum absolute atomic E-state index is 0.00173. The third-order valence-electron chi connectivity index (χ3n) is 5.58. The summed E-state index contributed by atoms with van der Waals surface area (Å²) in [4.78, 5) is 31.4. The molecule has 2 amide bonds. The first-order valence-electron chi connectivity index (χ1n) is 10.8. The molecule has 2 atom stereocenters. The molecule has 1 aliphatic heterocycles. The van der Waals surface area contributed by atoms with Gasteiger partial charge in [0.2, 0.25) is 5.91 Å². The van der Waals surface area contributed by atoms with E-state index in [1.54, 1.807) is 35.5 Å². The molecular weight excluding hydrogens is 461 g/mol. The van der Waals surface area contributed by atoms with E-state index in [9.17, 15) is 14.0 Å². The third kappa shape index (κ3) is 6.44. The van der Waals surface area contributed by atoms with Gasteiger partial charge in [-0.25, -0.2) is 9.37 Å². The molecule has 3 aromatic rings. The van der Waals surface area contributed by atoms with Crippen LogP contribution in [0.4, 0.5) is 9.52 Å². The Bertz CT molecular complexity index is 1070. The smallest absolute Gasteiger partial charge is 0.267 e. The second-order valence-electron chi connectivity index (χ2n) is 8.04. The molecule has 10 heteroatoms. The highest BCUT2D eigenvalue weighted by molar-refractivity contribution is 7.14. The number of benzene rings is 1. The zero-order chi connectivity index (χ0) is 23.2. The van der Waals surface area contributed by atoms with Gasteiger partial charge in [0.15, 0.2) is 5.13 Å². The van der Waals surface area contributed by atoms with E-state index in [-0.39, 0.29) is 30.1 Å². The van der Waals surface area contributed by atoms with Gasteiger partial charge in [-0.2, -0.15) is 0 Å². The Morgan fingerprint density at radius 3 is 2.79 bits per heavy atom. The van der Waals surface area contributed by atoms with E-state index in [1.807, 2.05) is 11.4 Å². The minimum Gasteiger partial charge on any atom is -0.345 e. The maximum absolute atomic E-state index is 13.1. The molecule has 0 saturated carbocycles. The molecule has 1 aliphatic rings. The Kier molecular flexibility index (Phi) is 7.81. The summed E-state index contributed by atoms with van der Waals surface area (Å²) in [5, 5.41) is 6.92. The molecule has 3 N–H and O–H groups in total. The SMILES string of the molecule is CN(CCCC1CC(c2ccc(F)cc2)NN1)C(=O)Cc1csc(NC(=O)c2cccs2)n1. The third-order valence-corrected chi connectivity index (χ3v) is 7.25. The summed E-state index contributed by atoms with van der Waals surface area (Å²) < 4.78 is 13.1. The molecule has 1 fully saturated rings. The van der Waals surface area contributed by atoms with Crippen molar-refractivity contribution in [3.63, 3.8) is 0 Å². The van der Waals surface area contributed by atoms with Crippen molar-refractivity contribution < 1.29 is 14.0 Å². The van der Waals surface area contributed by atoms with Crippen molar-refractivity contribution in [2.45, 2.75) is 37.8 Å². The summed E-state index contributed by atoms with van der Waals surface area (Å²) in [6.45, 7) is 0.657. The van der Waals surface area contributed by atoms with Crippen LogP contribution in [0.3, 0.4) is 0 Å². The van der Waals surface area contributed by atoms with E-state index < -0.39 is 0 Å². The number of rotatable bonds is 9. The van der Waals surface area contributed by atoms with Crippen molar-refractivity contribution >= 4 is 39.6 Å². The first-order valence-corrected chi connectivity index (χ1v) is 12.5. The lowest BCUT2D eigenvalue weighted by Gasteiger charge is -2.18. The number of halogens is 1. The monoisotopic (exact) mass is 487 g/mol. The second kappa shape index (κ2) is 11.0. The molecule has 3 heterocycles. The molecule has 33 heavy (non-hydrogen) atoms. The van der Waals surface area contributed by atoms with Crippen molar-refractivity contribution in [3.05, 3.63) is 69.1 Å². The molecule has 1 aromatic carbocycles. The van der Waals surface area contributed by atoms with Crippen molar-refractivity contribution in [1.82, 2.24) is 20.7 Å². The number of carbonyl (C=O) groups excluding carboxylic acids is 2. The molecule has 2 aromatic heterocycles. The van der Waals surface area contributed by atoms with E-state index >= 15 is 0 Å². The van der Waals surface area contributed by atoms with Crippen molar-refractivity contribution in [2.75, 3.05) is 18.9 Å². The molecule has 0 aliphatic carbocycles. The molecule has 4 rings (SSSR count). The number of anilines is 1. The molecule has 0 radical (unpaired) electrons. The molecule has 2 unspecified atom stereocenters. The number of aromatic nitrogens is 1. The van der Waals surface area contributed by atoms with Crippen LogP contribution in [0.5, 0.6) is 0 Å². The van der Waals surface area contributed by atoms with E-state index in [0.717, 1.165) is 24.8 Å². The predicted octanol–water partition coefficient (Wildman–Crippen LogP) is 3.98. The zero-order valence-electron chi connectivity index (χ0n) is 18.2. The summed E-state index contributed by atoms with van der Waals surface area (Å²) in [7, 11) is 1.80. The Balaban J connectivity index is 1.17. The summed E-state index contributed by atoms with van der Waals surface area (Å²) in [6.07, 6.45) is 2.93. The Morgan fingerprint density at radius 2 is 2.03 bits per heavy atom. The molecule has 0 spiro atoms. The van der Waals surface area contributed by atoms with Gasteiger partial charge in [0.1, 0.15) is 5.82 Å². The van der Waals surface area contributed by atoms with Gasteiger partial charge in [-0.1, -0.05) is 18.2 Å². The molecule has 174 valence electrons. The fourth-order valence-corrected chi connectivity index (χ4v) is 5.05. The summed E-state index contributed by atoms with van der Waals surface area (Å²) in [6, 6.07) is 10.6. The van der Waals surface area contributed by atoms with Gasteiger partial charge in [-0.15, -0.1) is 22.7 Å². The van der Waals surface area contributed by atoms with Crippen LogP contribution in [0.2, 0.25) is 0 Å². The first kappa shape index (κ1) is 23.5. The fraction of sp³-hybridized carbons (Fsp3) is 0.348. The highest BCUT2D eigenvalue weighted by Gasteiger charge is 2.25. The Hall–Kier alpha value is -2.66. The van der Waals surface area contributed by atoms with Crippen LogP contribution >= 0.6 is 22.7 Å². The average Bonchev–Trinajstić information content (AvgIpc) is 3.57. The number of hydrogen-bond donors (Lipinski definition) is 3.